The van der Waals surface area contributed by atoms with Gasteiger partial charge in [0.15, 0.2) is 0 Å². The van der Waals surface area contributed by atoms with Crippen molar-refractivity contribution < 1.29 is 0 Å². The molecule has 3 rings (SSSR count). The van der Waals surface area contributed by atoms with Crippen LogP contribution >= 0.6 is 11.3 Å². The Kier molecular flexibility index (Phi) is 2.30. The molecule has 2 heterocycles. The van der Waals surface area contributed by atoms with Crippen molar-refractivity contribution in [2.75, 3.05) is 0 Å². The quantitative estimate of drug-likeness (QED) is 0.774. The zero-order valence-electron chi connectivity index (χ0n) is 9.59. The van der Waals surface area contributed by atoms with Crippen molar-refractivity contribution >= 4 is 21.6 Å². The van der Waals surface area contributed by atoms with Crippen LogP contribution in [0.15, 0.2) is 4.79 Å². The lowest BCUT2D eigenvalue weighted by Crippen LogP contribution is -2.11. The van der Waals surface area contributed by atoms with Gasteiger partial charge in [0.05, 0.1) is 5.39 Å². The lowest BCUT2D eigenvalue weighted by atomic mass is 9.96. The second-order valence-corrected chi connectivity index (χ2v) is 5.59. The third-order valence-corrected chi connectivity index (χ3v) is 4.62. The van der Waals surface area contributed by atoms with E-state index in [1.807, 2.05) is 6.07 Å². The highest BCUT2D eigenvalue weighted by Gasteiger charge is 2.20. The Morgan fingerprint density at radius 3 is 2.88 bits per heavy atom. The van der Waals surface area contributed by atoms with E-state index < -0.39 is 0 Å². The molecular formula is C13H12N2OS. The molecule has 0 saturated carbocycles. The van der Waals surface area contributed by atoms with Crippen molar-refractivity contribution in [1.29, 1.82) is 5.26 Å². The Morgan fingerprint density at radius 1 is 1.35 bits per heavy atom. The van der Waals surface area contributed by atoms with E-state index in [1.165, 1.54) is 16.9 Å². The number of nitrogens with zero attached hydrogens (tertiary/aromatic N) is 1. The average molecular weight is 244 g/mol. The molecule has 0 fully saturated rings. The number of H-pyrrole nitrogens is 1. The van der Waals surface area contributed by atoms with Crippen LogP contribution in [-0.2, 0) is 12.8 Å². The Morgan fingerprint density at radius 2 is 2.12 bits per heavy atom. The minimum atomic E-state index is -0.0850. The second-order valence-electron chi connectivity index (χ2n) is 4.48. The Bertz CT molecular complexity index is 703. The minimum absolute atomic E-state index is 0.0850. The lowest BCUT2D eigenvalue weighted by Gasteiger charge is -2.09. The van der Waals surface area contributed by atoms with Gasteiger partial charge in [-0.05, 0) is 38.2 Å². The summed E-state index contributed by atoms with van der Waals surface area (Å²) in [4.78, 5) is 17.8. The molecule has 17 heavy (non-hydrogen) atoms. The van der Waals surface area contributed by atoms with Crippen LogP contribution in [0.2, 0.25) is 0 Å². The molecule has 2 aromatic rings. The largest absolute Gasteiger partial charge is 0.349 e. The lowest BCUT2D eigenvalue weighted by molar-refractivity contribution is 0.700. The third-order valence-electron chi connectivity index (χ3n) is 3.41. The summed E-state index contributed by atoms with van der Waals surface area (Å²) in [5, 5.41) is 9.80. The van der Waals surface area contributed by atoms with E-state index in [0.29, 0.717) is 5.69 Å². The molecule has 86 valence electrons. The van der Waals surface area contributed by atoms with Gasteiger partial charge in [-0.2, -0.15) is 5.26 Å². The van der Waals surface area contributed by atoms with Gasteiger partial charge in [0.1, 0.15) is 16.5 Å². The molecule has 0 amide bonds. The van der Waals surface area contributed by atoms with Crippen LogP contribution < -0.4 is 5.43 Å². The zero-order valence-corrected chi connectivity index (χ0v) is 10.4. The van der Waals surface area contributed by atoms with E-state index >= 15 is 0 Å². The SMILES string of the molecule is Cc1[nH]c2sc3c(c2c(=O)c1C#N)CCCC3. The maximum atomic E-state index is 12.3. The summed E-state index contributed by atoms with van der Waals surface area (Å²) in [6.45, 7) is 1.79. The second kappa shape index (κ2) is 3.71. The molecule has 0 spiro atoms. The van der Waals surface area contributed by atoms with Crippen molar-refractivity contribution in [3.8, 4) is 6.07 Å². The summed E-state index contributed by atoms with van der Waals surface area (Å²) in [6, 6.07) is 2.01. The van der Waals surface area contributed by atoms with Crippen LogP contribution in [0.4, 0.5) is 0 Å². The van der Waals surface area contributed by atoms with Crippen LogP contribution in [0.25, 0.3) is 10.2 Å². The zero-order chi connectivity index (χ0) is 12.0. The highest BCUT2D eigenvalue weighted by Crippen LogP contribution is 2.34. The van der Waals surface area contributed by atoms with Crippen molar-refractivity contribution in [1.82, 2.24) is 4.98 Å². The number of fused-ring (bicyclic) bond motifs is 3. The van der Waals surface area contributed by atoms with E-state index in [9.17, 15) is 4.79 Å². The van der Waals surface area contributed by atoms with Gasteiger partial charge in [-0.3, -0.25) is 4.79 Å². The van der Waals surface area contributed by atoms with Gasteiger partial charge in [-0.15, -0.1) is 11.3 Å². The highest BCUT2D eigenvalue weighted by atomic mass is 32.1. The van der Waals surface area contributed by atoms with Gasteiger partial charge in [0, 0.05) is 10.6 Å². The summed E-state index contributed by atoms with van der Waals surface area (Å²) in [7, 11) is 0. The summed E-state index contributed by atoms with van der Waals surface area (Å²) in [5.74, 6) is 0. The van der Waals surface area contributed by atoms with Gasteiger partial charge in [0.25, 0.3) is 0 Å². The van der Waals surface area contributed by atoms with E-state index in [-0.39, 0.29) is 11.0 Å². The van der Waals surface area contributed by atoms with Crippen LogP contribution in [-0.4, -0.2) is 4.98 Å². The minimum Gasteiger partial charge on any atom is -0.349 e. The Hall–Kier alpha value is -1.60. The normalized spacial score (nSPS) is 14.6. The van der Waals surface area contributed by atoms with Crippen LogP contribution in [0.3, 0.4) is 0 Å². The summed E-state index contributed by atoms with van der Waals surface area (Å²) in [5.41, 5.74) is 2.06. The number of nitriles is 1. The maximum Gasteiger partial charge on any atom is 0.208 e. The monoisotopic (exact) mass is 244 g/mol. The van der Waals surface area contributed by atoms with E-state index in [1.54, 1.807) is 18.3 Å². The molecule has 0 saturated heterocycles. The van der Waals surface area contributed by atoms with E-state index in [0.717, 1.165) is 29.5 Å². The molecule has 2 aromatic heterocycles. The van der Waals surface area contributed by atoms with Crippen molar-refractivity contribution in [3.05, 3.63) is 31.9 Å². The van der Waals surface area contributed by atoms with Crippen LogP contribution in [0.1, 0.15) is 34.5 Å². The predicted octanol–water partition coefficient (Wildman–Crippen LogP) is 2.65. The fourth-order valence-electron chi connectivity index (χ4n) is 2.56. The van der Waals surface area contributed by atoms with Gasteiger partial charge < -0.3 is 4.98 Å². The molecule has 3 nitrogen and oxygen atoms in total. The van der Waals surface area contributed by atoms with Gasteiger partial charge in [-0.1, -0.05) is 0 Å². The number of pyridine rings is 1. The molecule has 0 aromatic carbocycles. The Balaban J connectivity index is 2.46. The fraction of sp³-hybridized carbons (Fsp3) is 0.385. The van der Waals surface area contributed by atoms with E-state index in [2.05, 4.69) is 4.98 Å². The molecule has 1 aliphatic rings. The first-order chi connectivity index (χ1) is 8.22. The summed E-state index contributed by atoms with van der Waals surface area (Å²) in [6.07, 6.45) is 4.40. The van der Waals surface area contributed by atoms with Gasteiger partial charge in [0.2, 0.25) is 5.43 Å². The number of aromatic amines is 1. The molecule has 4 heteroatoms. The number of hydrogen-bond acceptors (Lipinski definition) is 3. The number of hydrogen-bond donors (Lipinski definition) is 1. The predicted molar refractivity (Wildman–Crippen MR) is 68.5 cm³/mol. The molecule has 0 aliphatic heterocycles. The van der Waals surface area contributed by atoms with E-state index in [4.69, 9.17) is 5.26 Å². The molecule has 1 N–H and O–H groups in total. The van der Waals surface area contributed by atoms with Crippen LogP contribution in [0.5, 0.6) is 0 Å². The molecule has 0 unspecified atom stereocenters. The highest BCUT2D eigenvalue weighted by molar-refractivity contribution is 7.18. The first-order valence-electron chi connectivity index (χ1n) is 5.79. The van der Waals surface area contributed by atoms with Gasteiger partial charge >= 0.3 is 0 Å². The van der Waals surface area contributed by atoms with Crippen molar-refractivity contribution in [3.63, 3.8) is 0 Å². The number of nitrogens with one attached hydrogen (secondary N) is 1. The number of thiophene rings is 1. The number of aromatic nitrogens is 1. The van der Waals surface area contributed by atoms with Crippen molar-refractivity contribution in [2.45, 2.75) is 32.6 Å². The molecule has 0 atom stereocenters. The molecule has 0 radical (unpaired) electrons. The smallest absolute Gasteiger partial charge is 0.208 e. The third kappa shape index (κ3) is 1.43. The maximum absolute atomic E-state index is 12.3. The fourth-order valence-corrected chi connectivity index (χ4v) is 3.90. The average Bonchev–Trinajstić information content (AvgIpc) is 2.67. The summed E-state index contributed by atoms with van der Waals surface area (Å²) < 4.78 is 0. The first-order valence-corrected chi connectivity index (χ1v) is 6.61. The Labute approximate surface area is 103 Å². The summed E-state index contributed by atoms with van der Waals surface area (Å²) >= 11 is 1.68. The molecule has 1 aliphatic carbocycles. The number of aryl methyl sites for hydroxylation is 3. The van der Waals surface area contributed by atoms with Crippen LogP contribution in [0, 0.1) is 18.3 Å². The standard InChI is InChI=1S/C13H12N2OS/c1-7-9(6-14)12(16)11-8-4-2-3-5-10(8)17-13(11)15-7/h2-5H2,1H3,(H,15,16). The topological polar surface area (TPSA) is 56.6 Å². The first kappa shape index (κ1) is 10.5. The number of rotatable bonds is 0. The van der Waals surface area contributed by atoms with Crippen molar-refractivity contribution in [2.24, 2.45) is 0 Å². The van der Waals surface area contributed by atoms with Gasteiger partial charge in [-0.25, -0.2) is 0 Å². The molecule has 0 bridgehead atoms. The molecular weight excluding hydrogens is 232 g/mol.